The van der Waals surface area contributed by atoms with Crippen LogP contribution in [0.2, 0.25) is 0 Å². The summed E-state index contributed by atoms with van der Waals surface area (Å²) in [5.41, 5.74) is 2.55. The Morgan fingerprint density at radius 2 is 1.87 bits per heavy atom. The molecule has 23 heavy (non-hydrogen) atoms. The minimum atomic E-state index is -2.41. The molecule has 3 nitrogen and oxygen atoms in total. The molecule has 2 rings (SSSR count). The number of benzene rings is 2. The summed E-state index contributed by atoms with van der Waals surface area (Å²) >= 11 is 0.536. The van der Waals surface area contributed by atoms with Crippen LogP contribution in [0.25, 0.3) is 0 Å². The van der Waals surface area contributed by atoms with Crippen LogP contribution < -0.4 is 10.1 Å². The smallest absolute Gasteiger partial charge is 0.288 e. The average Bonchev–Trinajstić information content (AvgIpc) is 2.54. The Morgan fingerprint density at radius 3 is 2.43 bits per heavy atom. The van der Waals surface area contributed by atoms with Crippen LogP contribution in [0.5, 0.6) is 5.75 Å². The number of rotatable bonds is 7. The molecule has 0 heterocycles. The normalized spacial score (nSPS) is 12.3. The summed E-state index contributed by atoms with van der Waals surface area (Å²) in [7, 11) is 1.56. The number of aliphatic hydroxyl groups excluding tert-OH is 1. The molecule has 0 aliphatic heterocycles. The number of hydrogen-bond acceptors (Lipinski definition) is 4. The van der Waals surface area contributed by atoms with Gasteiger partial charge in [-0.05, 0) is 42.8 Å². The fourth-order valence-electron chi connectivity index (χ4n) is 2.26. The Kier molecular flexibility index (Phi) is 6.24. The van der Waals surface area contributed by atoms with Gasteiger partial charge in [0.1, 0.15) is 5.75 Å². The van der Waals surface area contributed by atoms with Crippen molar-refractivity contribution in [3.05, 3.63) is 53.6 Å². The van der Waals surface area contributed by atoms with Crippen molar-refractivity contribution in [2.75, 3.05) is 12.4 Å². The molecule has 0 saturated carbocycles. The number of thioether (sulfide) groups is 1. The fourth-order valence-corrected chi connectivity index (χ4v) is 2.76. The van der Waals surface area contributed by atoms with Crippen LogP contribution in [0, 0.1) is 0 Å². The summed E-state index contributed by atoms with van der Waals surface area (Å²) < 4.78 is 29.8. The Hall–Kier alpha value is -1.79. The van der Waals surface area contributed by atoms with Gasteiger partial charge in [-0.2, -0.15) is 8.78 Å². The highest BCUT2D eigenvalue weighted by atomic mass is 32.2. The maximum atomic E-state index is 12.3. The lowest BCUT2D eigenvalue weighted by molar-refractivity contribution is 0.252. The number of anilines is 1. The van der Waals surface area contributed by atoms with Gasteiger partial charge in [-0.3, -0.25) is 0 Å². The van der Waals surface area contributed by atoms with Crippen molar-refractivity contribution in [3.8, 4) is 5.75 Å². The van der Waals surface area contributed by atoms with Crippen molar-refractivity contribution in [3.63, 3.8) is 0 Å². The molecule has 124 valence electrons. The van der Waals surface area contributed by atoms with Crippen LogP contribution in [-0.2, 0) is 6.61 Å². The number of alkyl halides is 2. The van der Waals surface area contributed by atoms with E-state index >= 15 is 0 Å². The Bertz CT molecular complexity index is 635. The predicted molar refractivity (Wildman–Crippen MR) is 89.3 cm³/mol. The molecule has 2 aromatic rings. The summed E-state index contributed by atoms with van der Waals surface area (Å²) in [5.74, 6) is -1.77. The molecule has 0 amide bonds. The molecule has 0 bridgehead atoms. The fraction of sp³-hybridized carbons (Fsp3) is 0.294. The standard InChI is InChI=1S/C17H19F2NO2S/c1-11(12-3-6-15(7-4-12)23-17(18)19)20-14-5-8-16(22-2)13(9-14)10-21/h3-9,11,17,20-21H,10H2,1-2H3. The van der Waals surface area contributed by atoms with Crippen LogP contribution in [0.1, 0.15) is 24.1 Å². The second-order valence-corrected chi connectivity index (χ2v) is 6.06. The molecular formula is C17H19F2NO2S. The highest BCUT2D eigenvalue weighted by Gasteiger charge is 2.10. The molecule has 0 aromatic heterocycles. The van der Waals surface area contributed by atoms with Gasteiger partial charge in [0.2, 0.25) is 0 Å². The predicted octanol–water partition coefficient (Wildman–Crippen LogP) is 4.68. The van der Waals surface area contributed by atoms with Gasteiger partial charge in [-0.25, -0.2) is 0 Å². The molecule has 0 aliphatic carbocycles. The molecule has 0 aliphatic rings. The van der Waals surface area contributed by atoms with Crippen LogP contribution in [0.15, 0.2) is 47.4 Å². The monoisotopic (exact) mass is 339 g/mol. The van der Waals surface area contributed by atoms with E-state index in [1.54, 1.807) is 25.3 Å². The summed E-state index contributed by atoms with van der Waals surface area (Å²) in [4.78, 5) is 0.544. The first-order valence-corrected chi connectivity index (χ1v) is 8.00. The molecule has 0 spiro atoms. The molecule has 0 saturated heterocycles. The Morgan fingerprint density at radius 1 is 1.17 bits per heavy atom. The highest BCUT2D eigenvalue weighted by molar-refractivity contribution is 7.99. The molecule has 2 aromatic carbocycles. The first-order chi connectivity index (χ1) is 11.0. The molecule has 1 atom stereocenters. The van der Waals surface area contributed by atoms with Gasteiger partial charge < -0.3 is 15.2 Å². The molecular weight excluding hydrogens is 320 g/mol. The van der Waals surface area contributed by atoms with Gasteiger partial charge in [0, 0.05) is 22.2 Å². The zero-order valence-corrected chi connectivity index (χ0v) is 13.7. The second kappa shape index (κ2) is 8.17. The van der Waals surface area contributed by atoms with E-state index in [9.17, 15) is 13.9 Å². The van der Waals surface area contributed by atoms with Crippen LogP contribution in [0.4, 0.5) is 14.5 Å². The Balaban J connectivity index is 2.07. The van der Waals surface area contributed by atoms with E-state index in [-0.39, 0.29) is 12.6 Å². The molecule has 2 N–H and O–H groups in total. The van der Waals surface area contributed by atoms with Crippen LogP contribution in [0.3, 0.4) is 0 Å². The maximum Gasteiger partial charge on any atom is 0.288 e. The number of nitrogens with one attached hydrogen (secondary N) is 1. The molecule has 6 heteroatoms. The van der Waals surface area contributed by atoms with Gasteiger partial charge in [0.15, 0.2) is 0 Å². The van der Waals surface area contributed by atoms with Gasteiger partial charge >= 0.3 is 0 Å². The number of ether oxygens (including phenoxy) is 1. The zero-order valence-electron chi connectivity index (χ0n) is 12.9. The van der Waals surface area contributed by atoms with E-state index in [4.69, 9.17) is 4.74 Å². The largest absolute Gasteiger partial charge is 0.496 e. The van der Waals surface area contributed by atoms with Crippen molar-refractivity contribution >= 4 is 17.4 Å². The lowest BCUT2D eigenvalue weighted by atomic mass is 10.1. The number of hydrogen-bond donors (Lipinski definition) is 2. The number of methoxy groups -OCH3 is 1. The lowest BCUT2D eigenvalue weighted by Crippen LogP contribution is -2.07. The van der Waals surface area contributed by atoms with E-state index in [1.165, 1.54) is 0 Å². The van der Waals surface area contributed by atoms with Crippen molar-refractivity contribution < 1.29 is 18.6 Å². The summed E-state index contributed by atoms with van der Waals surface area (Å²) in [5, 5.41) is 12.7. The van der Waals surface area contributed by atoms with Crippen molar-refractivity contribution in [2.24, 2.45) is 0 Å². The summed E-state index contributed by atoms with van der Waals surface area (Å²) in [6.07, 6.45) is 0. The minimum Gasteiger partial charge on any atom is -0.496 e. The molecule has 0 fully saturated rings. The average molecular weight is 339 g/mol. The van der Waals surface area contributed by atoms with Crippen molar-refractivity contribution in [1.82, 2.24) is 0 Å². The van der Waals surface area contributed by atoms with Crippen molar-refractivity contribution in [2.45, 2.75) is 30.2 Å². The maximum absolute atomic E-state index is 12.3. The van der Waals surface area contributed by atoms with Gasteiger partial charge in [0.25, 0.3) is 5.76 Å². The molecule has 0 radical (unpaired) electrons. The van der Waals surface area contributed by atoms with E-state index in [0.717, 1.165) is 11.3 Å². The third-order valence-corrected chi connectivity index (χ3v) is 4.16. The zero-order chi connectivity index (χ0) is 16.8. The second-order valence-electron chi connectivity index (χ2n) is 5.00. The highest BCUT2D eigenvalue weighted by Crippen LogP contribution is 2.28. The summed E-state index contributed by atoms with van der Waals surface area (Å²) in [6, 6.07) is 12.5. The number of aliphatic hydroxyl groups is 1. The molecule has 1 unspecified atom stereocenters. The van der Waals surface area contributed by atoms with Crippen LogP contribution in [-0.4, -0.2) is 18.0 Å². The first-order valence-electron chi connectivity index (χ1n) is 7.12. The third-order valence-electron chi connectivity index (χ3n) is 3.44. The first kappa shape index (κ1) is 17.6. The minimum absolute atomic E-state index is 0.000498. The SMILES string of the molecule is COc1ccc(NC(C)c2ccc(SC(F)F)cc2)cc1CO. The van der Waals surface area contributed by atoms with E-state index in [2.05, 4.69) is 5.32 Å². The van der Waals surface area contributed by atoms with E-state index in [1.807, 2.05) is 31.2 Å². The van der Waals surface area contributed by atoms with E-state index in [0.29, 0.717) is 28.0 Å². The van der Waals surface area contributed by atoms with Crippen molar-refractivity contribution in [1.29, 1.82) is 0 Å². The van der Waals surface area contributed by atoms with Crippen LogP contribution >= 0.6 is 11.8 Å². The lowest BCUT2D eigenvalue weighted by Gasteiger charge is -2.17. The topological polar surface area (TPSA) is 41.5 Å². The number of halogens is 2. The van der Waals surface area contributed by atoms with E-state index < -0.39 is 5.76 Å². The third kappa shape index (κ3) is 4.84. The summed E-state index contributed by atoms with van der Waals surface area (Å²) in [6.45, 7) is 1.88. The quantitative estimate of drug-likeness (QED) is 0.719. The van der Waals surface area contributed by atoms with Gasteiger partial charge in [-0.15, -0.1) is 0 Å². The van der Waals surface area contributed by atoms with Gasteiger partial charge in [0.05, 0.1) is 13.7 Å². The Labute approximate surface area is 138 Å². The van der Waals surface area contributed by atoms with Gasteiger partial charge in [-0.1, -0.05) is 23.9 Å².